The second-order valence-corrected chi connectivity index (χ2v) is 7.42. The largest absolute Gasteiger partial charge is 0.418 e. The number of amides is 1. The van der Waals surface area contributed by atoms with Crippen molar-refractivity contribution in [3.63, 3.8) is 0 Å². The number of aryl methyl sites for hydroxylation is 2. The molecule has 3 aromatic rings. The van der Waals surface area contributed by atoms with Crippen molar-refractivity contribution in [2.75, 3.05) is 6.54 Å². The molecule has 0 unspecified atom stereocenters. The molecule has 0 aliphatic carbocycles. The van der Waals surface area contributed by atoms with Crippen molar-refractivity contribution in [2.45, 2.75) is 39.2 Å². The quantitative estimate of drug-likeness (QED) is 0.702. The van der Waals surface area contributed by atoms with Crippen LogP contribution in [0.5, 0.6) is 0 Å². The molecule has 1 aromatic carbocycles. The van der Waals surface area contributed by atoms with Gasteiger partial charge in [-0.1, -0.05) is 24.3 Å². The average molecular weight is 368 g/mol. The van der Waals surface area contributed by atoms with E-state index in [0.717, 1.165) is 41.1 Å². The number of hydrogen-bond acceptors (Lipinski definition) is 6. The Morgan fingerprint density at radius 2 is 2.15 bits per heavy atom. The van der Waals surface area contributed by atoms with Crippen LogP contribution in [0.2, 0.25) is 0 Å². The van der Waals surface area contributed by atoms with Crippen molar-refractivity contribution < 1.29 is 9.21 Å². The number of likely N-dealkylation sites (tertiary alicyclic amines) is 1. The third kappa shape index (κ3) is 3.14. The summed E-state index contributed by atoms with van der Waals surface area (Å²) in [4.78, 5) is 19.9. The van der Waals surface area contributed by atoms with Gasteiger partial charge in [-0.2, -0.15) is 0 Å². The maximum absolute atomic E-state index is 12.9. The van der Waals surface area contributed by atoms with Crippen molar-refractivity contribution in [1.29, 1.82) is 0 Å². The van der Waals surface area contributed by atoms with Crippen LogP contribution in [0.1, 0.15) is 41.6 Å². The number of carbonyl (C=O) groups excluding carboxylic acids is 1. The van der Waals surface area contributed by atoms with Gasteiger partial charge in [0, 0.05) is 6.54 Å². The van der Waals surface area contributed by atoms with E-state index in [4.69, 9.17) is 4.42 Å². The lowest BCUT2D eigenvalue weighted by molar-refractivity contribution is -0.131. The molecule has 1 saturated heterocycles. The zero-order chi connectivity index (χ0) is 18.1. The Kier molecular flexibility index (Phi) is 4.55. The minimum Gasteiger partial charge on any atom is -0.418 e. The molecule has 26 heavy (non-hydrogen) atoms. The van der Waals surface area contributed by atoms with Gasteiger partial charge in [-0.15, -0.1) is 21.5 Å². The third-order valence-corrected chi connectivity index (χ3v) is 5.76. The van der Waals surface area contributed by atoms with Gasteiger partial charge in [0.15, 0.2) is 0 Å². The van der Waals surface area contributed by atoms with E-state index in [-0.39, 0.29) is 11.9 Å². The monoisotopic (exact) mass is 368 g/mol. The van der Waals surface area contributed by atoms with Crippen LogP contribution in [-0.4, -0.2) is 32.5 Å². The molecule has 1 atom stereocenters. The topological polar surface area (TPSA) is 72.1 Å². The number of carbonyl (C=O) groups is 1. The molecular weight excluding hydrogens is 348 g/mol. The van der Waals surface area contributed by atoms with Crippen LogP contribution < -0.4 is 0 Å². The first-order chi connectivity index (χ1) is 12.6. The first-order valence-corrected chi connectivity index (χ1v) is 9.59. The second-order valence-electron chi connectivity index (χ2n) is 6.56. The summed E-state index contributed by atoms with van der Waals surface area (Å²) in [5.41, 5.74) is 4.85. The van der Waals surface area contributed by atoms with Crippen molar-refractivity contribution in [2.24, 2.45) is 0 Å². The Morgan fingerprint density at radius 1 is 1.31 bits per heavy atom. The summed E-state index contributed by atoms with van der Waals surface area (Å²) in [5, 5.41) is 8.39. The maximum Gasteiger partial charge on any atom is 0.259 e. The molecule has 6 nitrogen and oxygen atoms in total. The van der Waals surface area contributed by atoms with E-state index in [1.807, 2.05) is 43.0 Å². The fourth-order valence-electron chi connectivity index (χ4n) is 3.36. The van der Waals surface area contributed by atoms with Gasteiger partial charge < -0.3 is 9.32 Å². The van der Waals surface area contributed by atoms with E-state index in [2.05, 4.69) is 15.2 Å². The van der Waals surface area contributed by atoms with Crippen molar-refractivity contribution >= 4 is 17.2 Å². The second kappa shape index (κ2) is 6.99. The molecule has 2 aromatic heterocycles. The van der Waals surface area contributed by atoms with E-state index >= 15 is 0 Å². The fourth-order valence-corrected chi connectivity index (χ4v) is 4.09. The molecule has 3 heterocycles. The first kappa shape index (κ1) is 16.9. The van der Waals surface area contributed by atoms with Crippen molar-refractivity contribution in [3.8, 4) is 10.8 Å². The molecule has 4 rings (SSSR count). The Morgan fingerprint density at radius 3 is 2.92 bits per heavy atom. The Bertz CT molecular complexity index is 933. The highest BCUT2D eigenvalue weighted by Crippen LogP contribution is 2.34. The predicted molar refractivity (Wildman–Crippen MR) is 98.7 cm³/mol. The predicted octanol–water partition coefficient (Wildman–Crippen LogP) is 3.72. The number of aromatic nitrogens is 3. The van der Waals surface area contributed by atoms with Crippen molar-refractivity contribution in [1.82, 2.24) is 20.1 Å². The number of thiazole rings is 1. The minimum absolute atomic E-state index is 0.107. The smallest absolute Gasteiger partial charge is 0.259 e. The molecule has 0 bridgehead atoms. The number of benzene rings is 1. The molecule has 7 heteroatoms. The zero-order valence-electron chi connectivity index (χ0n) is 14.8. The van der Waals surface area contributed by atoms with E-state index in [0.29, 0.717) is 18.2 Å². The van der Waals surface area contributed by atoms with Crippen molar-refractivity contribution in [3.05, 3.63) is 52.5 Å². The third-order valence-electron chi connectivity index (χ3n) is 4.84. The van der Waals surface area contributed by atoms with Gasteiger partial charge in [-0.25, -0.2) is 4.98 Å². The lowest BCUT2D eigenvalue weighted by Gasteiger charge is -2.22. The molecule has 1 amide bonds. The highest BCUT2D eigenvalue weighted by Gasteiger charge is 2.34. The number of hydrogen-bond donors (Lipinski definition) is 0. The van der Waals surface area contributed by atoms with Crippen LogP contribution >= 0.6 is 11.3 Å². The van der Waals surface area contributed by atoms with Crippen LogP contribution in [-0.2, 0) is 11.2 Å². The van der Waals surface area contributed by atoms with E-state index in [9.17, 15) is 4.79 Å². The fraction of sp³-hybridized carbons (Fsp3) is 0.368. The highest BCUT2D eigenvalue weighted by atomic mass is 32.1. The Hall–Kier alpha value is -2.54. The summed E-state index contributed by atoms with van der Waals surface area (Å²) in [5.74, 6) is 1.11. The zero-order valence-corrected chi connectivity index (χ0v) is 15.6. The van der Waals surface area contributed by atoms with Gasteiger partial charge in [0.2, 0.25) is 11.8 Å². The summed E-state index contributed by atoms with van der Waals surface area (Å²) in [6.07, 6.45) is 2.20. The first-order valence-electron chi connectivity index (χ1n) is 8.71. The van der Waals surface area contributed by atoms with Crippen LogP contribution in [0.15, 0.2) is 34.2 Å². The molecule has 0 N–H and O–H groups in total. The average Bonchev–Trinajstić information content (AvgIpc) is 3.35. The van der Waals surface area contributed by atoms with E-state index < -0.39 is 0 Å². The van der Waals surface area contributed by atoms with Crippen LogP contribution in [0.25, 0.3) is 10.8 Å². The standard InChI is InChI=1S/C19H20N4O2S/c1-12-6-3-4-7-14(12)10-16(24)23-9-5-8-15(23)18-21-22-19(25-18)17-13(2)20-11-26-17/h3-4,6-7,11,15H,5,8-10H2,1-2H3/t15-/m1/s1. The number of rotatable bonds is 4. The SMILES string of the molecule is Cc1ccccc1CC(=O)N1CCC[C@@H]1c1nnc(-c2scnc2C)o1. The van der Waals surface area contributed by atoms with Gasteiger partial charge in [-0.05, 0) is 37.8 Å². The van der Waals surface area contributed by atoms with E-state index in [1.54, 1.807) is 5.51 Å². The van der Waals surface area contributed by atoms with Gasteiger partial charge in [0.05, 0.1) is 17.6 Å². The highest BCUT2D eigenvalue weighted by molar-refractivity contribution is 7.13. The molecule has 1 aliphatic heterocycles. The van der Waals surface area contributed by atoms with Gasteiger partial charge >= 0.3 is 0 Å². The summed E-state index contributed by atoms with van der Waals surface area (Å²) in [6, 6.07) is 7.87. The Balaban J connectivity index is 1.54. The number of nitrogens with zero attached hydrogens (tertiary/aromatic N) is 4. The van der Waals surface area contributed by atoms with Crippen LogP contribution in [0.4, 0.5) is 0 Å². The Labute approximate surface area is 155 Å². The molecule has 0 radical (unpaired) electrons. The summed E-state index contributed by atoms with van der Waals surface area (Å²) < 4.78 is 5.90. The molecule has 1 fully saturated rings. The van der Waals surface area contributed by atoms with Gasteiger partial charge in [-0.3, -0.25) is 4.79 Å². The molecular formula is C19H20N4O2S. The lowest BCUT2D eigenvalue weighted by atomic mass is 10.1. The summed E-state index contributed by atoms with van der Waals surface area (Å²) >= 11 is 1.48. The van der Waals surface area contributed by atoms with Crippen LogP contribution in [0, 0.1) is 13.8 Å². The molecule has 0 saturated carbocycles. The molecule has 134 valence electrons. The summed E-state index contributed by atoms with van der Waals surface area (Å²) in [6.45, 7) is 4.68. The van der Waals surface area contributed by atoms with E-state index in [1.165, 1.54) is 11.3 Å². The van der Waals surface area contributed by atoms with Gasteiger partial charge in [0.25, 0.3) is 5.89 Å². The molecule has 0 spiro atoms. The summed E-state index contributed by atoms with van der Waals surface area (Å²) in [7, 11) is 0. The minimum atomic E-state index is -0.138. The van der Waals surface area contributed by atoms with Crippen LogP contribution in [0.3, 0.4) is 0 Å². The van der Waals surface area contributed by atoms with Gasteiger partial charge in [0.1, 0.15) is 10.9 Å². The molecule has 1 aliphatic rings. The maximum atomic E-state index is 12.9. The lowest BCUT2D eigenvalue weighted by Crippen LogP contribution is -2.32. The normalized spacial score (nSPS) is 17.0.